The van der Waals surface area contributed by atoms with Gasteiger partial charge in [-0.2, -0.15) is 0 Å². The molecule has 1 aromatic carbocycles. The van der Waals surface area contributed by atoms with Crippen LogP contribution in [-0.2, 0) is 6.54 Å². The van der Waals surface area contributed by atoms with Crippen molar-refractivity contribution in [3.63, 3.8) is 0 Å². The molecule has 18 heavy (non-hydrogen) atoms. The quantitative estimate of drug-likeness (QED) is 0.884. The van der Waals surface area contributed by atoms with Crippen molar-refractivity contribution in [2.24, 2.45) is 0 Å². The summed E-state index contributed by atoms with van der Waals surface area (Å²) in [6.45, 7) is 7.40. The van der Waals surface area contributed by atoms with Crippen molar-refractivity contribution in [3.8, 4) is 0 Å². The number of aromatic nitrogens is 1. The van der Waals surface area contributed by atoms with Gasteiger partial charge in [-0.15, -0.1) is 0 Å². The first kappa shape index (κ1) is 12.8. The van der Waals surface area contributed by atoms with Gasteiger partial charge in [0.2, 0.25) is 0 Å². The maximum atomic E-state index is 4.15. The zero-order valence-electron chi connectivity index (χ0n) is 11.3. The average molecular weight is 240 g/mol. The van der Waals surface area contributed by atoms with Crippen molar-refractivity contribution in [2.45, 2.75) is 33.4 Å². The van der Waals surface area contributed by atoms with Crippen LogP contribution in [0.4, 0.5) is 0 Å². The first-order valence-corrected chi connectivity index (χ1v) is 6.37. The summed E-state index contributed by atoms with van der Waals surface area (Å²) in [7, 11) is 0. The van der Waals surface area contributed by atoms with Gasteiger partial charge in [-0.1, -0.05) is 24.3 Å². The predicted molar refractivity (Wildman–Crippen MR) is 75.4 cm³/mol. The summed E-state index contributed by atoms with van der Waals surface area (Å²) < 4.78 is 0. The fourth-order valence-corrected chi connectivity index (χ4v) is 2.02. The van der Waals surface area contributed by atoms with Crippen LogP contribution in [0.3, 0.4) is 0 Å². The Hall–Kier alpha value is -1.67. The lowest BCUT2D eigenvalue weighted by atomic mass is 10.0. The average Bonchev–Trinajstić information content (AvgIpc) is 2.41. The third-order valence-corrected chi connectivity index (χ3v) is 3.50. The molecule has 0 unspecified atom stereocenters. The zero-order chi connectivity index (χ0) is 13.0. The molecule has 1 aromatic heterocycles. The summed E-state index contributed by atoms with van der Waals surface area (Å²) in [5.74, 6) is 0. The van der Waals surface area contributed by atoms with Gasteiger partial charge in [0.1, 0.15) is 0 Å². The molecule has 94 valence electrons. The van der Waals surface area contributed by atoms with E-state index in [1.807, 2.05) is 12.3 Å². The highest BCUT2D eigenvalue weighted by Gasteiger charge is 2.06. The minimum absolute atomic E-state index is 0.318. The number of hydrogen-bond donors (Lipinski definition) is 1. The first-order chi connectivity index (χ1) is 8.68. The number of aryl methyl sites for hydroxylation is 1. The molecule has 0 aliphatic heterocycles. The largest absolute Gasteiger partial charge is 0.306 e. The molecule has 2 nitrogen and oxygen atoms in total. The lowest BCUT2D eigenvalue weighted by molar-refractivity contribution is 0.571. The van der Waals surface area contributed by atoms with Crippen molar-refractivity contribution < 1.29 is 0 Å². The second-order valence-corrected chi connectivity index (χ2v) is 4.75. The number of pyridine rings is 1. The Morgan fingerprint density at radius 1 is 1.17 bits per heavy atom. The minimum atomic E-state index is 0.318. The summed E-state index contributed by atoms with van der Waals surface area (Å²) in [6.07, 6.45) is 3.72. The van der Waals surface area contributed by atoms with E-state index in [4.69, 9.17) is 0 Å². The summed E-state index contributed by atoms with van der Waals surface area (Å²) in [6, 6.07) is 10.9. The van der Waals surface area contributed by atoms with E-state index in [0.717, 1.165) is 6.54 Å². The lowest BCUT2D eigenvalue weighted by Crippen LogP contribution is -2.18. The monoisotopic (exact) mass is 240 g/mol. The Morgan fingerprint density at radius 3 is 2.72 bits per heavy atom. The summed E-state index contributed by atoms with van der Waals surface area (Å²) in [4.78, 5) is 4.15. The van der Waals surface area contributed by atoms with Crippen molar-refractivity contribution in [2.75, 3.05) is 0 Å². The summed E-state index contributed by atoms with van der Waals surface area (Å²) in [5, 5.41) is 3.54. The van der Waals surface area contributed by atoms with E-state index in [1.165, 1.54) is 22.3 Å². The Labute approximate surface area is 109 Å². The number of benzene rings is 1. The third kappa shape index (κ3) is 2.96. The standard InChI is InChI=1S/C16H20N2/c1-12-6-4-7-15(13(12)2)11-18-14(3)16-8-5-9-17-10-16/h4-10,14,18H,11H2,1-3H3/t14-/m0/s1. The Bertz CT molecular complexity index is 506. The van der Waals surface area contributed by atoms with Crippen LogP contribution in [-0.4, -0.2) is 4.98 Å². The van der Waals surface area contributed by atoms with E-state index in [0.29, 0.717) is 6.04 Å². The van der Waals surface area contributed by atoms with E-state index in [1.54, 1.807) is 6.20 Å². The molecule has 0 spiro atoms. The molecule has 0 saturated carbocycles. The van der Waals surface area contributed by atoms with Gasteiger partial charge in [0.05, 0.1) is 0 Å². The molecule has 0 saturated heterocycles. The Kier molecular flexibility index (Phi) is 4.11. The second-order valence-electron chi connectivity index (χ2n) is 4.75. The molecule has 0 amide bonds. The van der Waals surface area contributed by atoms with Crippen LogP contribution in [0.5, 0.6) is 0 Å². The van der Waals surface area contributed by atoms with Crippen LogP contribution in [0.1, 0.15) is 35.2 Å². The molecule has 2 aromatic rings. The molecule has 2 rings (SSSR count). The summed E-state index contributed by atoms with van der Waals surface area (Å²) >= 11 is 0. The van der Waals surface area contributed by atoms with Gasteiger partial charge in [-0.05, 0) is 49.1 Å². The van der Waals surface area contributed by atoms with Gasteiger partial charge >= 0.3 is 0 Å². The Balaban J connectivity index is 2.02. The van der Waals surface area contributed by atoms with Crippen molar-refractivity contribution >= 4 is 0 Å². The Morgan fingerprint density at radius 2 is 2.00 bits per heavy atom. The zero-order valence-corrected chi connectivity index (χ0v) is 11.3. The van der Waals surface area contributed by atoms with Crippen molar-refractivity contribution in [1.29, 1.82) is 0 Å². The van der Waals surface area contributed by atoms with E-state index >= 15 is 0 Å². The molecule has 0 aliphatic carbocycles. The van der Waals surface area contributed by atoms with Gasteiger partial charge in [0, 0.05) is 25.0 Å². The van der Waals surface area contributed by atoms with Gasteiger partial charge < -0.3 is 5.32 Å². The van der Waals surface area contributed by atoms with Crippen molar-refractivity contribution in [1.82, 2.24) is 10.3 Å². The number of nitrogens with one attached hydrogen (secondary N) is 1. The molecule has 0 fully saturated rings. The molecule has 2 heteroatoms. The lowest BCUT2D eigenvalue weighted by Gasteiger charge is -2.15. The van der Waals surface area contributed by atoms with Crippen LogP contribution < -0.4 is 5.32 Å². The highest BCUT2D eigenvalue weighted by molar-refractivity contribution is 5.33. The maximum absolute atomic E-state index is 4.15. The topological polar surface area (TPSA) is 24.9 Å². The highest BCUT2D eigenvalue weighted by Crippen LogP contribution is 2.15. The van der Waals surface area contributed by atoms with E-state index in [9.17, 15) is 0 Å². The smallest absolute Gasteiger partial charge is 0.0315 e. The molecular formula is C16H20N2. The fraction of sp³-hybridized carbons (Fsp3) is 0.312. The number of nitrogens with zero attached hydrogens (tertiary/aromatic N) is 1. The van der Waals surface area contributed by atoms with E-state index in [2.05, 4.69) is 55.3 Å². The summed E-state index contributed by atoms with van der Waals surface area (Å²) in [5.41, 5.74) is 5.32. The molecule has 1 atom stereocenters. The van der Waals surface area contributed by atoms with Gasteiger partial charge in [-0.3, -0.25) is 4.98 Å². The molecule has 1 heterocycles. The van der Waals surface area contributed by atoms with E-state index < -0.39 is 0 Å². The highest BCUT2D eigenvalue weighted by atomic mass is 14.9. The SMILES string of the molecule is Cc1cccc(CN[C@@H](C)c2cccnc2)c1C. The van der Waals surface area contributed by atoms with Crippen molar-refractivity contribution in [3.05, 3.63) is 65.0 Å². The van der Waals surface area contributed by atoms with Crippen LogP contribution in [0.25, 0.3) is 0 Å². The fourth-order valence-electron chi connectivity index (χ4n) is 2.02. The first-order valence-electron chi connectivity index (χ1n) is 6.37. The number of hydrogen-bond acceptors (Lipinski definition) is 2. The van der Waals surface area contributed by atoms with Crippen LogP contribution >= 0.6 is 0 Å². The number of rotatable bonds is 4. The molecule has 1 N–H and O–H groups in total. The normalized spacial score (nSPS) is 12.4. The van der Waals surface area contributed by atoms with Crippen LogP contribution in [0, 0.1) is 13.8 Å². The van der Waals surface area contributed by atoms with Gasteiger partial charge in [0.15, 0.2) is 0 Å². The second kappa shape index (κ2) is 5.78. The van der Waals surface area contributed by atoms with Gasteiger partial charge in [-0.25, -0.2) is 0 Å². The minimum Gasteiger partial charge on any atom is -0.306 e. The van der Waals surface area contributed by atoms with Crippen LogP contribution in [0.15, 0.2) is 42.7 Å². The maximum Gasteiger partial charge on any atom is 0.0315 e. The molecule has 0 aliphatic rings. The van der Waals surface area contributed by atoms with Gasteiger partial charge in [0.25, 0.3) is 0 Å². The predicted octanol–water partition coefficient (Wildman–Crippen LogP) is 3.55. The van der Waals surface area contributed by atoms with Crippen LogP contribution in [0.2, 0.25) is 0 Å². The molecular weight excluding hydrogens is 220 g/mol. The molecule has 0 bridgehead atoms. The molecule has 0 radical (unpaired) electrons. The van der Waals surface area contributed by atoms with E-state index in [-0.39, 0.29) is 0 Å². The third-order valence-electron chi connectivity index (χ3n) is 3.50.